The third-order valence-electron chi connectivity index (χ3n) is 2.67. The van der Waals surface area contributed by atoms with Gasteiger partial charge < -0.3 is 15.5 Å². The summed E-state index contributed by atoms with van der Waals surface area (Å²) in [4.78, 5) is 22.8. The zero-order chi connectivity index (χ0) is 13.9. The van der Waals surface area contributed by atoms with Crippen molar-refractivity contribution in [3.63, 3.8) is 0 Å². The smallest absolute Gasteiger partial charge is 0.328 e. The van der Waals surface area contributed by atoms with Crippen LogP contribution in [0.25, 0.3) is 0 Å². The number of nitrogens with one attached hydrogen (secondary N) is 1. The molecule has 0 saturated carbocycles. The number of carboxylic acid groups (broad SMARTS) is 1. The number of aliphatic hydroxyl groups excluding tert-OH is 1. The van der Waals surface area contributed by atoms with Crippen molar-refractivity contribution in [1.29, 1.82) is 0 Å². The molecule has 2 unspecified atom stereocenters. The van der Waals surface area contributed by atoms with Gasteiger partial charge in [-0.2, -0.15) is 0 Å². The van der Waals surface area contributed by atoms with Gasteiger partial charge in [0.25, 0.3) is 5.91 Å². The van der Waals surface area contributed by atoms with Gasteiger partial charge in [-0.05, 0) is 32.4 Å². The van der Waals surface area contributed by atoms with Crippen LogP contribution >= 0.6 is 0 Å². The fraction of sp³-hybridized carbons (Fsp3) is 0.385. The van der Waals surface area contributed by atoms with Gasteiger partial charge in [0.15, 0.2) is 6.04 Å². The molecule has 2 atom stereocenters. The number of aliphatic carboxylic acids is 1. The van der Waals surface area contributed by atoms with Gasteiger partial charge in [0.1, 0.15) is 0 Å². The molecule has 0 radical (unpaired) electrons. The Morgan fingerprint density at radius 2 is 1.89 bits per heavy atom. The van der Waals surface area contributed by atoms with Crippen LogP contribution in [0, 0.1) is 13.8 Å². The second-order valence-electron chi connectivity index (χ2n) is 4.35. The Balaban J connectivity index is 2.94. The lowest BCUT2D eigenvalue weighted by molar-refractivity contribution is -0.141. The zero-order valence-electron chi connectivity index (χ0n) is 10.6. The van der Waals surface area contributed by atoms with E-state index in [1.165, 1.54) is 6.92 Å². The van der Waals surface area contributed by atoms with Crippen LogP contribution in [0.5, 0.6) is 0 Å². The SMILES string of the molecule is Cc1ccc(C)c(C(=O)NC(C(=O)O)C(C)O)c1. The highest BCUT2D eigenvalue weighted by atomic mass is 16.4. The molecule has 0 fully saturated rings. The average Bonchev–Trinajstić information content (AvgIpc) is 2.28. The van der Waals surface area contributed by atoms with Crippen molar-refractivity contribution < 1.29 is 19.8 Å². The Labute approximate surface area is 105 Å². The van der Waals surface area contributed by atoms with E-state index < -0.39 is 24.0 Å². The summed E-state index contributed by atoms with van der Waals surface area (Å²) in [6.45, 7) is 4.94. The van der Waals surface area contributed by atoms with Gasteiger partial charge >= 0.3 is 5.97 Å². The molecule has 5 nitrogen and oxygen atoms in total. The highest BCUT2D eigenvalue weighted by Gasteiger charge is 2.25. The van der Waals surface area contributed by atoms with Crippen molar-refractivity contribution >= 4 is 11.9 Å². The lowest BCUT2D eigenvalue weighted by atomic mass is 10.0. The van der Waals surface area contributed by atoms with Gasteiger partial charge in [0.2, 0.25) is 0 Å². The minimum Gasteiger partial charge on any atom is -0.480 e. The molecule has 0 aromatic heterocycles. The van der Waals surface area contributed by atoms with Crippen LogP contribution in [0.15, 0.2) is 18.2 Å². The summed E-state index contributed by atoms with van der Waals surface area (Å²) < 4.78 is 0. The van der Waals surface area contributed by atoms with Crippen molar-refractivity contribution in [1.82, 2.24) is 5.32 Å². The molecule has 0 spiro atoms. The molecule has 0 saturated heterocycles. The molecular weight excluding hydrogens is 234 g/mol. The average molecular weight is 251 g/mol. The van der Waals surface area contributed by atoms with Crippen molar-refractivity contribution in [3.8, 4) is 0 Å². The molecule has 0 heterocycles. The van der Waals surface area contributed by atoms with Crippen molar-refractivity contribution in [2.24, 2.45) is 0 Å². The van der Waals surface area contributed by atoms with E-state index in [0.717, 1.165) is 11.1 Å². The van der Waals surface area contributed by atoms with Crippen molar-refractivity contribution in [2.75, 3.05) is 0 Å². The molecule has 3 N–H and O–H groups in total. The highest BCUT2D eigenvalue weighted by Crippen LogP contribution is 2.11. The number of carbonyl (C=O) groups is 2. The van der Waals surface area contributed by atoms with Gasteiger partial charge in [-0.25, -0.2) is 4.79 Å². The third kappa shape index (κ3) is 3.30. The van der Waals surface area contributed by atoms with Crippen LogP contribution in [-0.4, -0.2) is 34.2 Å². The first-order chi connectivity index (χ1) is 8.32. The van der Waals surface area contributed by atoms with E-state index in [2.05, 4.69) is 5.32 Å². The maximum absolute atomic E-state index is 12.0. The molecule has 1 aromatic rings. The topological polar surface area (TPSA) is 86.6 Å². The Morgan fingerprint density at radius 1 is 1.28 bits per heavy atom. The summed E-state index contributed by atoms with van der Waals surface area (Å²) in [5.74, 6) is -1.76. The fourth-order valence-electron chi connectivity index (χ4n) is 1.59. The summed E-state index contributed by atoms with van der Waals surface area (Å²) in [5.41, 5.74) is 2.09. The van der Waals surface area contributed by atoms with Crippen molar-refractivity contribution in [3.05, 3.63) is 34.9 Å². The molecule has 0 aliphatic heterocycles. The first kappa shape index (κ1) is 14.2. The van der Waals surface area contributed by atoms with Crippen molar-refractivity contribution in [2.45, 2.75) is 32.9 Å². The van der Waals surface area contributed by atoms with E-state index in [0.29, 0.717) is 5.56 Å². The molecule has 5 heteroatoms. The van der Waals surface area contributed by atoms with E-state index in [1.54, 1.807) is 19.1 Å². The van der Waals surface area contributed by atoms with E-state index in [9.17, 15) is 14.7 Å². The lowest BCUT2D eigenvalue weighted by Gasteiger charge is -2.17. The number of rotatable bonds is 4. The molecule has 0 bridgehead atoms. The van der Waals surface area contributed by atoms with Crippen LogP contribution in [0.2, 0.25) is 0 Å². The van der Waals surface area contributed by atoms with Gasteiger partial charge in [-0.15, -0.1) is 0 Å². The molecule has 1 aromatic carbocycles. The normalized spacial score (nSPS) is 13.8. The number of hydrogen-bond acceptors (Lipinski definition) is 3. The first-order valence-corrected chi connectivity index (χ1v) is 5.62. The lowest BCUT2D eigenvalue weighted by Crippen LogP contribution is -2.47. The summed E-state index contributed by atoms with van der Waals surface area (Å²) >= 11 is 0. The van der Waals surface area contributed by atoms with Crippen LogP contribution in [0.1, 0.15) is 28.4 Å². The zero-order valence-corrected chi connectivity index (χ0v) is 10.6. The van der Waals surface area contributed by atoms with Gasteiger partial charge in [-0.3, -0.25) is 4.79 Å². The molecule has 0 aliphatic carbocycles. The summed E-state index contributed by atoms with van der Waals surface area (Å²) in [6, 6.07) is 4.04. The largest absolute Gasteiger partial charge is 0.480 e. The Bertz CT molecular complexity index is 468. The number of carboxylic acids is 1. The maximum atomic E-state index is 12.0. The standard InChI is InChI=1S/C13H17NO4/c1-7-4-5-8(2)10(6-7)12(16)14-11(9(3)15)13(17)18/h4-6,9,11,15H,1-3H3,(H,14,16)(H,17,18). The summed E-state index contributed by atoms with van der Waals surface area (Å²) in [6.07, 6.45) is -1.16. The number of benzene rings is 1. The number of amides is 1. The number of hydrogen-bond donors (Lipinski definition) is 3. The second kappa shape index (κ2) is 5.64. The van der Waals surface area contributed by atoms with Crippen LogP contribution in [-0.2, 0) is 4.79 Å². The highest BCUT2D eigenvalue weighted by molar-refractivity contribution is 5.98. The maximum Gasteiger partial charge on any atom is 0.328 e. The van der Waals surface area contributed by atoms with Crippen LogP contribution < -0.4 is 5.32 Å². The van der Waals surface area contributed by atoms with Crippen LogP contribution in [0.3, 0.4) is 0 Å². The summed E-state index contributed by atoms with van der Waals surface area (Å²) in [5, 5.41) is 20.5. The Morgan fingerprint density at radius 3 is 2.39 bits per heavy atom. The third-order valence-corrected chi connectivity index (χ3v) is 2.67. The van der Waals surface area contributed by atoms with Gasteiger partial charge in [0, 0.05) is 5.56 Å². The van der Waals surface area contributed by atoms with E-state index in [1.807, 2.05) is 13.0 Å². The van der Waals surface area contributed by atoms with E-state index in [4.69, 9.17) is 5.11 Å². The minimum atomic E-state index is -1.31. The monoisotopic (exact) mass is 251 g/mol. The summed E-state index contributed by atoms with van der Waals surface area (Å²) in [7, 11) is 0. The molecule has 98 valence electrons. The van der Waals surface area contributed by atoms with Crippen LogP contribution in [0.4, 0.5) is 0 Å². The molecular formula is C13H17NO4. The molecule has 18 heavy (non-hydrogen) atoms. The number of aliphatic hydroxyl groups is 1. The van der Waals surface area contributed by atoms with E-state index in [-0.39, 0.29) is 0 Å². The first-order valence-electron chi connectivity index (χ1n) is 5.62. The van der Waals surface area contributed by atoms with Gasteiger partial charge in [0.05, 0.1) is 6.10 Å². The van der Waals surface area contributed by atoms with E-state index >= 15 is 0 Å². The molecule has 0 aliphatic rings. The molecule has 1 amide bonds. The second-order valence-corrected chi connectivity index (χ2v) is 4.35. The minimum absolute atomic E-state index is 0.418. The number of carbonyl (C=O) groups excluding carboxylic acids is 1. The predicted molar refractivity (Wildman–Crippen MR) is 66.5 cm³/mol. The Kier molecular flexibility index (Phi) is 4.44. The van der Waals surface area contributed by atoms with Gasteiger partial charge in [-0.1, -0.05) is 17.7 Å². The predicted octanol–water partition coefficient (Wildman–Crippen LogP) is 0.867. The Hall–Kier alpha value is -1.88. The number of aryl methyl sites for hydroxylation is 2. The quantitative estimate of drug-likeness (QED) is 0.741. The fourth-order valence-corrected chi connectivity index (χ4v) is 1.59. The molecule has 1 rings (SSSR count).